The maximum Gasteiger partial charge on any atom is 0.161 e. The number of hydrazone groups is 1. The van der Waals surface area contributed by atoms with E-state index in [2.05, 4.69) is 26.5 Å². The van der Waals surface area contributed by atoms with E-state index in [1.807, 2.05) is 73.7 Å². The van der Waals surface area contributed by atoms with Gasteiger partial charge in [-0.25, -0.2) is 0 Å². The van der Waals surface area contributed by atoms with Crippen LogP contribution in [0.2, 0.25) is 0 Å². The van der Waals surface area contributed by atoms with Crippen LogP contribution >= 0.6 is 15.9 Å². The second-order valence-corrected chi connectivity index (χ2v) is 7.37. The molecule has 6 heteroatoms. The molecule has 3 aromatic carbocycles. The van der Waals surface area contributed by atoms with Crippen molar-refractivity contribution in [1.29, 1.82) is 0 Å². The van der Waals surface area contributed by atoms with E-state index < -0.39 is 0 Å². The predicted molar refractivity (Wildman–Crippen MR) is 124 cm³/mol. The molecule has 0 aromatic heterocycles. The van der Waals surface area contributed by atoms with Crippen LogP contribution in [0.25, 0.3) is 0 Å². The van der Waals surface area contributed by atoms with Gasteiger partial charge in [-0.15, -0.1) is 0 Å². The Balaban J connectivity index is 1.62. The third-order valence-electron chi connectivity index (χ3n) is 4.34. The van der Waals surface area contributed by atoms with Crippen molar-refractivity contribution in [1.82, 2.24) is 5.43 Å². The summed E-state index contributed by atoms with van der Waals surface area (Å²) in [6.07, 6.45) is 1.76. The molecule has 0 amide bonds. The fraction of sp³-hybridized carbons (Fsp3) is 0.208. The molecule has 0 saturated heterocycles. The van der Waals surface area contributed by atoms with E-state index >= 15 is 0 Å². The number of benzene rings is 3. The van der Waals surface area contributed by atoms with Crippen LogP contribution in [0.5, 0.6) is 17.2 Å². The molecule has 1 N–H and O–H groups in total. The van der Waals surface area contributed by atoms with Crippen LogP contribution in [-0.4, -0.2) is 19.9 Å². The molecule has 0 unspecified atom stereocenters. The number of ether oxygens (including phenoxy) is 3. The van der Waals surface area contributed by atoms with E-state index in [9.17, 15) is 0 Å². The molecule has 156 valence electrons. The van der Waals surface area contributed by atoms with Crippen molar-refractivity contribution in [2.45, 2.75) is 20.1 Å². The summed E-state index contributed by atoms with van der Waals surface area (Å²) >= 11 is 3.44. The van der Waals surface area contributed by atoms with E-state index in [-0.39, 0.29) is 0 Å². The molecule has 3 rings (SSSR count). The number of halogens is 1. The summed E-state index contributed by atoms with van der Waals surface area (Å²) < 4.78 is 18.1. The summed E-state index contributed by atoms with van der Waals surface area (Å²) in [7, 11) is 1.66. The predicted octanol–water partition coefficient (Wildman–Crippen LogP) is 5.56. The lowest BCUT2D eigenvalue weighted by atomic mass is 10.2. The van der Waals surface area contributed by atoms with Gasteiger partial charge in [0.15, 0.2) is 11.5 Å². The lowest BCUT2D eigenvalue weighted by molar-refractivity contribution is 0.269. The maximum atomic E-state index is 5.97. The smallest absolute Gasteiger partial charge is 0.161 e. The summed E-state index contributed by atoms with van der Waals surface area (Å²) in [5.74, 6) is 2.24. The first-order valence-corrected chi connectivity index (χ1v) is 10.5. The Labute approximate surface area is 185 Å². The third-order valence-corrected chi connectivity index (χ3v) is 4.87. The number of hydrogen-bond acceptors (Lipinski definition) is 5. The number of para-hydroxylation sites is 1. The number of nitrogens with zero attached hydrogens (tertiary/aromatic N) is 1. The van der Waals surface area contributed by atoms with Crippen molar-refractivity contribution in [2.75, 3.05) is 13.7 Å². The Hall–Kier alpha value is -2.99. The summed E-state index contributed by atoms with van der Waals surface area (Å²) in [5, 5.41) is 4.31. The highest BCUT2D eigenvalue weighted by molar-refractivity contribution is 9.10. The summed E-state index contributed by atoms with van der Waals surface area (Å²) in [5.41, 5.74) is 6.11. The molecule has 0 aliphatic heterocycles. The number of hydrogen-bond donors (Lipinski definition) is 1. The van der Waals surface area contributed by atoms with Crippen LogP contribution in [0, 0.1) is 0 Å². The highest BCUT2D eigenvalue weighted by Gasteiger charge is 2.07. The molecular formula is C24H25BrN2O3. The minimum absolute atomic E-state index is 0.473. The minimum atomic E-state index is 0.473. The summed E-state index contributed by atoms with van der Waals surface area (Å²) in [6, 6.07) is 21.7. The van der Waals surface area contributed by atoms with Crippen LogP contribution in [0.15, 0.2) is 76.3 Å². The molecule has 0 saturated carbocycles. The molecule has 0 atom stereocenters. The Kier molecular flexibility index (Phi) is 8.15. The third kappa shape index (κ3) is 6.26. The SMILES string of the molecule is CCOc1cc(/C=N/NCc2ccccc2OC)ccc1OCc1ccc(Br)cc1. The van der Waals surface area contributed by atoms with Crippen LogP contribution in [-0.2, 0) is 13.2 Å². The van der Waals surface area contributed by atoms with Crippen molar-refractivity contribution in [3.63, 3.8) is 0 Å². The zero-order valence-corrected chi connectivity index (χ0v) is 18.7. The topological polar surface area (TPSA) is 52.1 Å². The normalized spacial score (nSPS) is 10.8. The molecule has 0 heterocycles. The van der Waals surface area contributed by atoms with Crippen molar-refractivity contribution in [3.8, 4) is 17.2 Å². The lowest BCUT2D eigenvalue weighted by Crippen LogP contribution is -2.07. The molecule has 0 spiro atoms. The van der Waals surface area contributed by atoms with Crippen LogP contribution in [0.3, 0.4) is 0 Å². The second kappa shape index (κ2) is 11.3. The number of rotatable bonds is 10. The highest BCUT2D eigenvalue weighted by atomic mass is 79.9. The van der Waals surface area contributed by atoms with Crippen LogP contribution < -0.4 is 19.6 Å². The van der Waals surface area contributed by atoms with E-state index in [4.69, 9.17) is 14.2 Å². The molecule has 0 aliphatic carbocycles. The largest absolute Gasteiger partial charge is 0.496 e. The molecule has 30 heavy (non-hydrogen) atoms. The van der Waals surface area contributed by atoms with Gasteiger partial charge in [-0.1, -0.05) is 46.3 Å². The Morgan fingerprint density at radius 2 is 1.73 bits per heavy atom. The van der Waals surface area contributed by atoms with Gasteiger partial charge in [-0.05, 0) is 54.4 Å². The number of nitrogens with one attached hydrogen (secondary N) is 1. The highest BCUT2D eigenvalue weighted by Crippen LogP contribution is 2.29. The van der Waals surface area contributed by atoms with Gasteiger partial charge in [0.2, 0.25) is 0 Å². The van der Waals surface area contributed by atoms with Gasteiger partial charge in [0.25, 0.3) is 0 Å². The standard InChI is InChI=1S/C24H25BrN2O3/c1-3-29-24-14-19(15-26-27-16-20-6-4-5-7-22(20)28-2)10-13-23(24)30-17-18-8-11-21(25)12-9-18/h4-15,27H,3,16-17H2,1-2H3/b26-15+. The van der Waals surface area contributed by atoms with Gasteiger partial charge in [0.1, 0.15) is 12.4 Å². The lowest BCUT2D eigenvalue weighted by Gasteiger charge is -2.13. The van der Waals surface area contributed by atoms with Gasteiger partial charge >= 0.3 is 0 Å². The molecule has 0 fully saturated rings. The fourth-order valence-electron chi connectivity index (χ4n) is 2.83. The zero-order chi connectivity index (χ0) is 21.2. The summed E-state index contributed by atoms with van der Waals surface area (Å²) in [6.45, 7) is 3.56. The fourth-order valence-corrected chi connectivity index (χ4v) is 3.10. The van der Waals surface area contributed by atoms with E-state index in [1.54, 1.807) is 13.3 Å². The molecule has 0 radical (unpaired) electrons. The molecule has 3 aromatic rings. The maximum absolute atomic E-state index is 5.97. The van der Waals surface area contributed by atoms with Gasteiger partial charge in [-0.3, -0.25) is 0 Å². The van der Waals surface area contributed by atoms with Crippen molar-refractivity contribution in [3.05, 3.63) is 87.9 Å². The minimum Gasteiger partial charge on any atom is -0.496 e. The average molecular weight is 469 g/mol. The van der Waals surface area contributed by atoms with Gasteiger partial charge in [-0.2, -0.15) is 5.10 Å². The first kappa shape index (κ1) is 21.7. The van der Waals surface area contributed by atoms with Crippen LogP contribution in [0.4, 0.5) is 0 Å². The Bertz CT molecular complexity index is 974. The molecule has 5 nitrogen and oxygen atoms in total. The quantitative estimate of drug-likeness (QED) is 0.312. The number of methoxy groups -OCH3 is 1. The van der Waals surface area contributed by atoms with Gasteiger partial charge in [0, 0.05) is 10.0 Å². The second-order valence-electron chi connectivity index (χ2n) is 6.46. The zero-order valence-electron chi connectivity index (χ0n) is 17.1. The summed E-state index contributed by atoms with van der Waals surface area (Å²) in [4.78, 5) is 0. The van der Waals surface area contributed by atoms with Gasteiger partial charge in [0.05, 0.1) is 26.5 Å². The van der Waals surface area contributed by atoms with E-state index in [0.717, 1.165) is 26.9 Å². The molecule has 0 bridgehead atoms. The molecular weight excluding hydrogens is 444 g/mol. The Morgan fingerprint density at radius 1 is 0.933 bits per heavy atom. The van der Waals surface area contributed by atoms with Gasteiger partial charge < -0.3 is 19.6 Å². The first-order chi connectivity index (χ1) is 14.7. The van der Waals surface area contributed by atoms with E-state index in [0.29, 0.717) is 31.3 Å². The van der Waals surface area contributed by atoms with Crippen LogP contribution in [0.1, 0.15) is 23.6 Å². The van der Waals surface area contributed by atoms with Crippen molar-refractivity contribution < 1.29 is 14.2 Å². The monoisotopic (exact) mass is 468 g/mol. The van der Waals surface area contributed by atoms with Crippen molar-refractivity contribution >= 4 is 22.1 Å². The first-order valence-electron chi connectivity index (χ1n) is 9.71. The molecule has 0 aliphatic rings. The van der Waals surface area contributed by atoms with E-state index in [1.165, 1.54) is 0 Å². The average Bonchev–Trinajstić information content (AvgIpc) is 2.77. The van der Waals surface area contributed by atoms with Crippen molar-refractivity contribution in [2.24, 2.45) is 5.10 Å². The Morgan fingerprint density at radius 3 is 2.50 bits per heavy atom.